The van der Waals surface area contributed by atoms with E-state index in [9.17, 15) is 9.90 Å². The Hall–Kier alpha value is -2.73. The van der Waals surface area contributed by atoms with Gasteiger partial charge in [-0.25, -0.2) is 4.79 Å². The van der Waals surface area contributed by atoms with Crippen LogP contribution in [-0.2, 0) is 5.41 Å². The van der Waals surface area contributed by atoms with Gasteiger partial charge in [0.25, 0.3) is 0 Å². The van der Waals surface area contributed by atoms with Gasteiger partial charge in [-0.15, -0.1) is 0 Å². The zero-order chi connectivity index (χ0) is 27.8. The van der Waals surface area contributed by atoms with Gasteiger partial charge in [0.1, 0.15) is 5.75 Å². The minimum absolute atomic E-state index is 0.00593. The molecular weight excluding hydrogens is 492 g/mol. The topological polar surface area (TPSA) is 46.5 Å². The minimum atomic E-state index is -0.899. The van der Waals surface area contributed by atoms with Crippen molar-refractivity contribution in [3.63, 3.8) is 0 Å². The number of carboxylic acid groups (broad SMARTS) is 1. The molecule has 3 heteroatoms. The molecule has 4 bridgehead atoms. The van der Waals surface area contributed by atoms with Crippen molar-refractivity contribution in [3.8, 4) is 17.6 Å². The van der Waals surface area contributed by atoms with Crippen LogP contribution in [0.2, 0.25) is 0 Å². The molecule has 2 aromatic carbocycles. The summed E-state index contributed by atoms with van der Waals surface area (Å²) in [7, 11) is 0. The summed E-state index contributed by atoms with van der Waals surface area (Å²) in [6, 6.07) is 13.6. The number of unbranched alkanes of at least 4 members (excludes halogenated alkanes) is 9. The normalized spacial score (nSPS) is 24.5. The number of carbonyl (C=O) groups is 1. The van der Waals surface area contributed by atoms with Crippen molar-refractivity contribution in [2.45, 2.75) is 115 Å². The molecule has 4 fully saturated rings. The van der Waals surface area contributed by atoms with Gasteiger partial charge < -0.3 is 9.84 Å². The average Bonchev–Trinajstić information content (AvgIpc) is 2.94. The molecule has 0 atom stereocenters. The largest absolute Gasteiger partial charge is 0.493 e. The Bertz CT molecular complexity index is 1150. The molecule has 4 aliphatic rings. The molecule has 0 aromatic heterocycles. The van der Waals surface area contributed by atoms with Crippen molar-refractivity contribution < 1.29 is 14.6 Å². The van der Waals surface area contributed by atoms with E-state index >= 15 is 0 Å². The Morgan fingerprint density at radius 3 is 1.95 bits per heavy atom. The van der Waals surface area contributed by atoms with E-state index in [0.717, 1.165) is 60.3 Å². The Balaban J connectivity index is 1.34. The molecular formula is C37H48O3. The van der Waals surface area contributed by atoms with Gasteiger partial charge in [-0.3, -0.25) is 0 Å². The van der Waals surface area contributed by atoms with E-state index in [1.165, 1.54) is 77.0 Å². The smallest absolute Gasteiger partial charge is 0.336 e. The molecule has 6 rings (SSSR count). The number of hydrogen-bond donors (Lipinski definition) is 1. The quantitative estimate of drug-likeness (QED) is 0.192. The fraction of sp³-hybridized carbons (Fsp3) is 0.595. The molecule has 0 amide bonds. The Morgan fingerprint density at radius 2 is 1.38 bits per heavy atom. The summed E-state index contributed by atoms with van der Waals surface area (Å²) < 4.78 is 6.57. The monoisotopic (exact) mass is 540 g/mol. The third kappa shape index (κ3) is 6.94. The first-order chi connectivity index (χ1) is 19.6. The summed E-state index contributed by atoms with van der Waals surface area (Å²) in [5.74, 6) is 8.93. The van der Waals surface area contributed by atoms with Gasteiger partial charge >= 0.3 is 5.97 Å². The van der Waals surface area contributed by atoms with Crippen LogP contribution in [0, 0.1) is 29.6 Å². The zero-order valence-electron chi connectivity index (χ0n) is 24.6. The van der Waals surface area contributed by atoms with Crippen LogP contribution in [0.5, 0.6) is 5.75 Å². The molecule has 0 aliphatic heterocycles. The van der Waals surface area contributed by atoms with Gasteiger partial charge in [0.15, 0.2) is 0 Å². The lowest BCUT2D eigenvalue weighted by Gasteiger charge is -2.57. The van der Waals surface area contributed by atoms with E-state index in [2.05, 4.69) is 18.8 Å². The molecule has 214 valence electrons. The van der Waals surface area contributed by atoms with Crippen LogP contribution >= 0.6 is 0 Å². The van der Waals surface area contributed by atoms with Gasteiger partial charge in [0, 0.05) is 22.1 Å². The number of ether oxygens (including phenoxy) is 1. The molecule has 0 heterocycles. The highest BCUT2D eigenvalue weighted by atomic mass is 16.5. The summed E-state index contributed by atoms with van der Waals surface area (Å²) in [4.78, 5) is 12.5. The first-order valence-corrected chi connectivity index (χ1v) is 16.2. The SMILES string of the molecule is CCCCCCCCCCCCOc1ccc(C(=O)O)c(C#Cc2ccccc2)c1C12CC3CC(CC(C3)C1)C2. The summed E-state index contributed by atoms with van der Waals surface area (Å²) >= 11 is 0. The van der Waals surface area contributed by atoms with Gasteiger partial charge in [0.2, 0.25) is 0 Å². The van der Waals surface area contributed by atoms with Crippen LogP contribution in [0.25, 0.3) is 0 Å². The van der Waals surface area contributed by atoms with Gasteiger partial charge in [-0.05, 0) is 87.0 Å². The lowest BCUT2D eigenvalue weighted by molar-refractivity contribution is -0.00654. The Kier molecular flexibility index (Phi) is 9.90. The second kappa shape index (κ2) is 13.8. The highest BCUT2D eigenvalue weighted by Gasteiger charge is 2.53. The van der Waals surface area contributed by atoms with E-state index in [0.29, 0.717) is 17.7 Å². The van der Waals surface area contributed by atoms with Crippen LogP contribution in [0.15, 0.2) is 42.5 Å². The lowest BCUT2D eigenvalue weighted by atomic mass is 9.47. The van der Waals surface area contributed by atoms with Crippen LogP contribution in [0.1, 0.15) is 137 Å². The minimum Gasteiger partial charge on any atom is -0.493 e. The Morgan fingerprint density at radius 1 is 0.800 bits per heavy atom. The summed E-state index contributed by atoms with van der Waals surface area (Å²) in [5.41, 5.74) is 3.03. The lowest BCUT2D eigenvalue weighted by Crippen LogP contribution is -2.49. The van der Waals surface area contributed by atoms with Crippen molar-refractivity contribution in [3.05, 3.63) is 64.7 Å². The number of rotatable bonds is 14. The number of benzene rings is 2. The molecule has 0 radical (unpaired) electrons. The molecule has 4 aliphatic carbocycles. The molecule has 1 N–H and O–H groups in total. The molecule has 0 saturated heterocycles. The standard InChI is InChI=1S/C37H48O3/c1-2-3-4-5-6-7-8-9-10-14-21-40-34-20-19-33(36(38)39)32(18-17-28-15-12-11-13-16-28)35(34)37-25-29-22-30(26-37)24-31(23-29)27-37/h11-13,15-16,19-20,29-31H,2-10,14,21-27H2,1H3,(H,38,39). The summed E-state index contributed by atoms with van der Waals surface area (Å²) in [5, 5.41) is 10.2. The van der Waals surface area contributed by atoms with E-state index in [4.69, 9.17) is 4.74 Å². The number of hydrogen-bond acceptors (Lipinski definition) is 2. The van der Waals surface area contributed by atoms with Crippen LogP contribution in [0.4, 0.5) is 0 Å². The second-order valence-electron chi connectivity index (χ2n) is 13.0. The van der Waals surface area contributed by atoms with Gasteiger partial charge in [-0.1, -0.05) is 94.8 Å². The van der Waals surface area contributed by atoms with Crippen molar-refractivity contribution in [1.29, 1.82) is 0 Å². The summed E-state index contributed by atoms with van der Waals surface area (Å²) in [6.45, 7) is 2.96. The first-order valence-electron chi connectivity index (χ1n) is 16.2. The van der Waals surface area contributed by atoms with Gasteiger partial charge in [-0.2, -0.15) is 0 Å². The first kappa shape index (κ1) is 28.8. The molecule has 40 heavy (non-hydrogen) atoms. The second-order valence-corrected chi connectivity index (χ2v) is 13.0. The van der Waals surface area contributed by atoms with Crippen molar-refractivity contribution in [2.75, 3.05) is 6.61 Å². The van der Waals surface area contributed by atoms with Gasteiger partial charge in [0.05, 0.1) is 12.2 Å². The fourth-order valence-electron chi connectivity index (χ4n) is 8.38. The molecule has 0 unspecified atom stereocenters. The van der Waals surface area contributed by atoms with Crippen LogP contribution in [-0.4, -0.2) is 17.7 Å². The summed E-state index contributed by atoms with van der Waals surface area (Å²) in [6.07, 6.45) is 20.5. The maximum absolute atomic E-state index is 12.5. The van der Waals surface area contributed by atoms with Crippen molar-refractivity contribution in [1.82, 2.24) is 0 Å². The predicted molar refractivity (Wildman–Crippen MR) is 163 cm³/mol. The molecule has 3 nitrogen and oxygen atoms in total. The predicted octanol–water partition coefficient (Wildman–Crippen LogP) is 9.55. The third-order valence-electron chi connectivity index (χ3n) is 9.83. The van der Waals surface area contributed by atoms with Crippen molar-refractivity contribution >= 4 is 5.97 Å². The highest BCUT2D eigenvalue weighted by molar-refractivity contribution is 5.92. The van der Waals surface area contributed by atoms with Crippen LogP contribution < -0.4 is 4.74 Å². The van der Waals surface area contributed by atoms with E-state index in [1.807, 2.05) is 36.4 Å². The fourth-order valence-corrected chi connectivity index (χ4v) is 8.38. The molecule has 0 spiro atoms. The van der Waals surface area contributed by atoms with E-state index < -0.39 is 5.97 Å². The maximum Gasteiger partial charge on any atom is 0.336 e. The maximum atomic E-state index is 12.5. The van der Waals surface area contributed by atoms with Crippen molar-refractivity contribution in [2.24, 2.45) is 17.8 Å². The van der Waals surface area contributed by atoms with E-state index in [-0.39, 0.29) is 5.41 Å². The Labute approximate surface area is 242 Å². The average molecular weight is 541 g/mol. The molecule has 4 saturated carbocycles. The number of carboxylic acids is 1. The van der Waals surface area contributed by atoms with Crippen LogP contribution in [0.3, 0.4) is 0 Å². The van der Waals surface area contributed by atoms with E-state index in [1.54, 1.807) is 6.07 Å². The third-order valence-corrected chi connectivity index (χ3v) is 9.83. The zero-order valence-corrected chi connectivity index (χ0v) is 24.6. The molecule has 2 aromatic rings. The number of aromatic carboxylic acids is 1. The highest BCUT2D eigenvalue weighted by Crippen LogP contribution is 2.62.